The second-order valence-corrected chi connectivity index (χ2v) is 6.73. The van der Waals surface area contributed by atoms with Crippen molar-refractivity contribution in [1.82, 2.24) is 0 Å². The maximum atomic E-state index is 11.5. The molecule has 0 saturated carbocycles. The van der Waals surface area contributed by atoms with Crippen LogP contribution < -0.4 is 0 Å². The summed E-state index contributed by atoms with van der Waals surface area (Å²) in [6.45, 7) is 0. The number of hydrogen-bond donors (Lipinski definition) is 0. The summed E-state index contributed by atoms with van der Waals surface area (Å²) in [7, 11) is 1.40. The van der Waals surface area contributed by atoms with Crippen LogP contribution in [0.3, 0.4) is 0 Å². The van der Waals surface area contributed by atoms with E-state index in [4.69, 9.17) is 28.4 Å². The third-order valence-electron chi connectivity index (χ3n) is 5.48. The van der Waals surface area contributed by atoms with E-state index in [1.165, 1.54) is 7.11 Å². The van der Waals surface area contributed by atoms with Gasteiger partial charge in [0.1, 0.15) is 30.5 Å². The molecule has 7 heteroatoms. The zero-order valence-corrected chi connectivity index (χ0v) is 12.4. The second-order valence-electron chi connectivity index (χ2n) is 6.73. The summed E-state index contributed by atoms with van der Waals surface area (Å²) in [6, 6.07) is 0. The van der Waals surface area contributed by atoms with E-state index in [0.717, 1.165) is 19.3 Å². The maximum absolute atomic E-state index is 11.5. The lowest BCUT2D eigenvalue weighted by molar-refractivity contribution is -0.265. The number of methoxy groups -OCH3 is 1. The third-order valence-corrected chi connectivity index (χ3v) is 5.48. The van der Waals surface area contributed by atoms with Crippen LogP contribution >= 0.6 is 0 Å². The zero-order valence-electron chi connectivity index (χ0n) is 12.4. The molecule has 6 fully saturated rings. The topological polar surface area (TPSA) is 72.5 Å². The molecule has 0 radical (unpaired) electrons. The van der Waals surface area contributed by atoms with Crippen molar-refractivity contribution in [3.8, 4) is 0 Å². The van der Waals surface area contributed by atoms with Gasteiger partial charge in [0.05, 0.1) is 31.8 Å². The number of ether oxygens (including phenoxy) is 6. The Morgan fingerprint density at radius 3 is 2.45 bits per heavy atom. The summed E-state index contributed by atoms with van der Waals surface area (Å²) in [4.78, 5) is 11.5. The molecule has 9 atom stereocenters. The first-order chi connectivity index (χ1) is 10.7. The van der Waals surface area contributed by atoms with Crippen molar-refractivity contribution in [1.29, 1.82) is 0 Å². The Labute approximate surface area is 128 Å². The predicted octanol–water partition coefficient (Wildman–Crippen LogP) is 0.146. The van der Waals surface area contributed by atoms with Gasteiger partial charge in [0.25, 0.3) is 0 Å². The van der Waals surface area contributed by atoms with Gasteiger partial charge in [-0.1, -0.05) is 0 Å². The first kappa shape index (κ1) is 13.7. The standard InChI is InChI=1S/C15H20O7/c1-17-9(16)4-6-2-3-7-11(18-6)14-15-13(19-7)12-8(20-15)5-10(21-12)22-14/h6-8,10-15H,2-5H2,1H3/t6-,7+,8-,10+,11+,12?,13?,14+,15-/m1/s1. The van der Waals surface area contributed by atoms with Crippen LogP contribution in [0.1, 0.15) is 25.7 Å². The van der Waals surface area contributed by atoms with Crippen molar-refractivity contribution in [3.05, 3.63) is 0 Å². The van der Waals surface area contributed by atoms with Crippen LogP contribution in [0, 0.1) is 0 Å². The molecule has 6 heterocycles. The molecule has 6 aliphatic heterocycles. The average molecular weight is 312 g/mol. The minimum atomic E-state index is -0.248. The van der Waals surface area contributed by atoms with Gasteiger partial charge in [-0.25, -0.2) is 0 Å². The molecule has 0 aliphatic carbocycles. The van der Waals surface area contributed by atoms with Crippen LogP contribution in [0.15, 0.2) is 0 Å². The summed E-state index contributed by atoms with van der Waals surface area (Å²) in [5.74, 6) is -0.248. The molecule has 0 aromatic heterocycles. The molecule has 6 bridgehead atoms. The van der Waals surface area contributed by atoms with Crippen molar-refractivity contribution < 1.29 is 33.2 Å². The SMILES string of the molecule is COC(=O)C[C@H]1CC[C@@H]2OC3C4O[C@@H]5C[C@H]4O[C@H]3[C@@H](O5)[C@H]2O1. The van der Waals surface area contributed by atoms with Crippen LogP contribution in [0.2, 0.25) is 0 Å². The Morgan fingerprint density at radius 2 is 1.59 bits per heavy atom. The third kappa shape index (κ3) is 1.89. The van der Waals surface area contributed by atoms with Crippen molar-refractivity contribution in [2.45, 2.75) is 80.8 Å². The Hall–Kier alpha value is -0.730. The number of esters is 1. The highest BCUT2D eigenvalue weighted by Crippen LogP contribution is 2.48. The fourth-order valence-electron chi connectivity index (χ4n) is 4.50. The molecule has 2 unspecified atom stereocenters. The molecule has 0 aromatic carbocycles. The van der Waals surface area contributed by atoms with E-state index in [9.17, 15) is 4.79 Å². The van der Waals surface area contributed by atoms with Gasteiger partial charge in [-0.3, -0.25) is 4.79 Å². The van der Waals surface area contributed by atoms with Gasteiger partial charge in [0.2, 0.25) is 0 Å². The van der Waals surface area contributed by atoms with E-state index >= 15 is 0 Å². The molecule has 7 nitrogen and oxygen atoms in total. The van der Waals surface area contributed by atoms with Crippen molar-refractivity contribution >= 4 is 5.97 Å². The fraction of sp³-hybridized carbons (Fsp3) is 0.933. The fourth-order valence-corrected chi connectivity index (χ4v) is 4.50. The Balaban J connectivity index is 1.37. The highest BCUT2D eigenvalue weighted by Gasteiger charge is 2.64. The van der Waals surface area contributed by atoms with E-state index in [1.807, 2.05) is 0 Å². The van der Waals surface area contributed by atoms with Crippen LogP contribution in [-0.2, 0) is 33.2 Å². The highest BCUT2D eigenvalue weighted by atomic mass is 16.8. The molecule has 122 valence electrons. The van der Waals surface area contributed by atoms with Crippen molar-refractivity contribution in [3.63, 3.8) is 0 Å². The second kappa shape index (κ2) is 4.88. The quantitative estimate of drug-likeness (QED) is 0.672. The Bertz CT molecular complexity index is 483. The summed E-state index contributed by atoms with van der Waals surface area (Å²) < 4.78 is 35.2. The van der Waals surface area contributed by atoms with Crippen molar-refractivity contribution in [2.24, 2.45) is 0 Å². The predicted molar refractivity (Wildman–Crippen MR) is 70.0 cm³/mol. The highest BCUT2D eigenvalue weighted by molar-refractivity contribution is 5.69. The number of rotatable bonds is 2. The van der Waals surface area contributed by atoms with E-state index in [0.29, 0.717) is 0 Å². The lowest BCUT2D eigenvalue weighted by Crippen LogP contribution is -2.61. The molecule has 22 heavy (non-hydrogen) atoms. The summed E-state index contributed by atoms with van der Waals surface area (Å²) in [5, 5.41) is 0. The van der Waals surface area contributed by atoms with Gasteiger partial charge < -0.3 is 28.4 Å². The average Bonchev–Trinajstić information content (AvgIpc) is 2.93. The number of carbonyl (C=O) groups is 1. The van der Waals surface area contributed by atoms with Gasteiger partial charge in [-0.15, -0.1) is 0 Å². The van der Waals surface area contributed by atoms with E-state index in [2.05, 4.69) is 0 Å². The summed E-state index contributed by atoms with van der Waals surface area (Å²) >= 11 is 0. The monoisotopic (exact) mass is 312 g/mol. The normalized spacial score (nSPS) is 54.9. The number of hydrogen-bond acceptors (Lipinski definition) is 7. The van der Waals surface area contributed by atoms with Gasteiger partial charge in [0, 0.05) is 6.42 Å². The van der Waals surface area contributed by atoms with Crippen molar-refractivity contribution in [2.75, 3.05) is 7.11 Å². The largest absolute Gasteiger partial charge is 0.469 e. The maximum Gasteiger partial charge on any atom is 0.308 e. The van der Waals surface area contributed by atoms with Gasteiger partial charge in [-0.2, -0.15) is 0 Å². The van der Waals surface area contributed by atoms with E-state index < -0.39 is 0 Å². The van der Waals surface area contributed by atoms with Crippen LogP contribution in [-0.4, -0.2) is 68.2 Å². The number of carbonyl (C=O) groups excluding carboxylic acids is 1. The zero-order chi connectivity index (χ0) is 14.8. The van der Waals surface area contributed by atoms with Gasteiger partial charge >= 0.3 is 5.97 Å². The van der Waals surface area contributed by atoms with E-state index in [1.54, 1.807) is 0 Å². The molecule has 6 saturated heterocycles. The van der Waals surface area contributed by atoms with Gasteiger partial charge in [0.15, 0.2) is 6.29 Å². The van der Waals surface area contributed by atoms with E-state index in [-0.39, 0.29) is 67.5 Å². The summed E-state index contributed by atoms with van der Waals surface area (Å²) in [5.41, 5.74) is 0. The molecule has 0 spiro atoms. The number of fused-ring (bicyclic) bond motifs is 1. The molecular weight excluding hydrogens is 292 g/mol. The minimum Gasteiger partial charge on any atom is -0.469 e. The molecule has 0 aromatic rings. The van der Waals surface area contributed by atoms with Crippen LogP contribution in [0.5, 0.6) is 0 Å². The molecule has 0 amide bonds. The smallest absolute Gasteiger partial charge is 0.308 e. The minimum absolute atomic E-state index is 0.00579. The summed E-state index contributed by atoms with van der Waals surface area (Å²) in [6.07, 6.45) is 1.83. The first-order valence-corrected chi connectivity index (χ1v) is 8.07. The Kier molecular flexibility index (Phi) is 3.04. The Morgan fingerprint density at radius 1 is 0.909 bits per heavy atom. The van der Waals surface area contributed by atoms with Crippen LogP contribution in [0.4, 0.5) is 0 Å². The van der Waals surface area contributed by atoms with Gasteiger partial charge in [-0.05, 0) is 12.8 Å². The van der Waals surface area contributed by atoms with Crippen LogP contribution in [0.25, 0.3) is 0 Å². The molecule has 6 rings (SSSR count). The lowest BCUT2D eigenvalue weighted by atomic mass is 9.87. The lowest BCUT2D eigenvalue weighted by Gasteiger charge is -2.46. The molecular formula is C15H20O7. The molecule has 6 aliphatic rings. The molecule has 0 N–H and O–H groups in total. The first-order valence-electron chi connectivity index (χ1n) is 8.07.